The summed E-state index contributed by atoms with van der Waals surface area (Å²) >= 11 is 0. The number of carboxylic acid groups (broad SMARTS) is 1. The molecule has 34 heteroatoms. The normalized spacial score (nSPS) is 25.4. The Hall–Kier alpha value is -10.4. The molecule has 0 unspecified atom stereocenters. The zero-order valence-electron chi connectivity index (χ0n) is 74.3. The highest BCUT2D eigenvalue weighted by Crippen LogP contribution is 2.47. The van der Waals surface area contributed by atoms with Crippen molar-refractivity contribution < 1.29 is 62.3 Å². The molecule has 34 nitrogen and oxygen atoms in total. The van der Waals surface area contributed by atoms with Crippen molar-refractivity contribution in [3.05, 3.63) is 88.4 Å². The number of benzene rings is 3. The quantitative estimate of drug-likeness (QED) is 0.0374. The predicted molar refractivity (Wildman–Crippen MR) is 483 cm³/mol. The Morgan fingerprint density at radius 3 is 1.06 bits per heavy atom. The number of carbonyl (C=O) groups excluding carboxylic acids is 5. The van der Waals surface area contributed by atoms with Gasteiger partial charge in [0.15, 0.2) is 17.5 Å². The lowest BCUT2D eigenvalue weighted by molar-refractivity contribution is -0.120. The number of aromatic nitrogens is 6. The first-order valence-corrected chi connectivity index (χ1v) is 46.9. The molecule has 127 heavy (non-hydrogen) atoms. The van der Waals surface area contributed by atoms with E-state index in [4.69, 9.17) is 49.1 Å². The summed E-state index contributed by atoms with van der Waals surface area (Å²) in [7, 11) is 5.39. The Morgan fingerprint density at radius 1 is 0.425 bits per heavy atom. The molecule has 0 bridgehead atoms. The smallest absolute Gasteiger partial charge is 0.336 e. The van der Waals surface area contributed by atoms with Gasteiger partial charge in [-0.2, -0.15) is 15.0 Å². The van der Waals surface area contributed by atoms with Crippen LogP contribution in [0, 0.1) is 0 Å². The van der Waals surface area contributed by atoms with Crippen LogP contribution in [0.2, 0.25) is 0 Å². The highest BCUT2D eigenvalue weighted by molar-refractivity contribution is 6.07. The number of carboxylic acids is 1. The van der Waals surface area contributed by atoms with Gasteiger partial charge >= 0.3 is 5.97 Å². The molecule has 680 valence electrons. The summed E-state index contributed by atoms with van der Waals surface area (Å²) in [6.07, 6.45) is 30.4. The maximum absolute atomic E-state index is 13.3. The number of nitrogens with zero attached hydrogens (tertiary/aromatic N) is 15. The lowest BCUT2D eigenvalue weighted by Gasteiger charge is -2.43. The highest BCUT2D eigenvalue weighted by Gasteiger charge is 2.47. The third-order valence-corrected chi connectivity index (χ3v) is 28.9. The molecule has 0 spiro atoms. The summed E-state index contributed by atoms with van der Waals surface area (Å²) in [6, 6.07) is 12.7. The van der Waals surface area contributed by atoms with Crippen molar-refractivity contribution in [2.75, 3.05) is 165 Å². The fourth-order valence-electron chi connectivity index (χ4n) is 22.2. The Balaban J connectivity index is 0.000000122. The van der Waals surface area contributed by atoms with Crippen LogP contribution in [0.3, 0.4) is 0 Å². The van der Waals surface area contributed by atoms with E-state index in [0.29, 0.717) is 171 Å². The van der Waals surface area contributed by atoms with Gasteiger partial charge in [-0.25, -0.2) is 19.7 Å². The summed E-state index contributed by atoms with van der Waals surface area (Å²) in [6.45, 7) is 18.0. The van der Waals surface area contributed by atoms with E-state index in [1.54, 1.807) is 66.6 Å². The van der Waals surface area contributed by atoms with Crippen LogP contribution < -0.4 is 75.9 Å². The van der Waals surface area contributed by atoms with Gasteiger partial charge in [-0.3, -0.25) is 38.7 Å². The minimum Gasteiger partial charge on any atom is -0.491 e. The predicted octanol–water partition coefficient (Wildman–Crippen LogP) is 9.67. The number of hydrogen-bond donors (Lipinski definition) is 7. The molecule has 12 aliphatic heterocycles. The molecule has 5 amide bonds. The van der Waals surface area contributed by atoms with Crippen molar-refractivity contribution in [1.29, 1.82) is 0 Å². The SMILES string of the molecule is CC[C@@H]1C(=O)N(C)c2cnc(Nc3ccc(C(=O)NC[C@H]4CN5CCC[C@@H]5CO4)c4c3OCC4)nc2N1C1CCCC1.CC[C@@H]1C(=O)N(C)c2cnc(Nc3ccc(C(=O)NC[C@H]4CN5CCC[C@@H]5CO4)c4c3OCC4)nc2N1C1CCCC1.CC[C@@H]1C(=O)N(C)c2cnc(Nc3ccc(C(=O)O)c4c3OCC4)nc2N1C1CCCC1.NC[C@H]1CN2CCC[C@@H]2CO1. The number of rotatable bonds is 20. The molecule has 3 aromatic carbocycles. The van der Waals surface area contributed by atoms with Gasteiger partial charge in [0, 0.05) is 144 Å². The van der Waals surface area contributed by atoms with Crippen molar-refractivity contribution in [3.8, 4) is 17.2 Å². The topological polar surface area (TPSA) is 371 Å². The average molecular weight is 1750 g/mol. The third-order valence-electron chi connectivity index (χ3n) is 28.9. The second kappa shape index (κ2) is 38.5. The van der Waals surface area contributed by atoms with Crippen molar-refractivity contribution >= 4 is 105 Å². The molecule has 8 N–H and O–H groups in total. The van der Waals surface area contributed by atoms with Gasteiger partial charge in [0.25, 0.3) is 11.8 Å². The van der Waals surface area contributed by atoms with Crippen LogP contribution >= 0.6 is 0 Å². The van der Waals surface area contributed by atoms with E-state index in [0.717, 1.165) is 168 Å². The monoisotopic (exact) mass is 1740 g/mol. The standard InChI is InChI=1S/2C31H41N7O4.C23H27N5O4.C8H16N2O/c2*1-3-25-30(40)36(2)26-16-33-31(35-28(26)38(25)19-7-4-5-8-19)34-24-11-10-23(22-12-14-41-27(22)24)29(39)32-15-21-17-37-13-6-9-20(37)18-42-21;1-3-17-21(29)27(2)18-12-24-23(26-20(18)28(17)13-6-4-5-7-13)25-16-9-8-15(22(30)31)14-10-11-32-19(14)16;9-4-8-5-10-3-1-2-7(10)6-11-8/h2*10-11,16,19-21,25H,3-9,12-15,17-18H2,1-2H3,(H,32,39)(H,33,34,35);8-9,12-13,17H,3-7,10-11H2,1-2H3,(H,30,31)(H,24,25,26);7-8H,1-6,9H2/t2*20-,21+,25-;17-;7-,8+/m1111/s1. The molecule has 21 rings (SSSR count). The molecule has 0 radical (unpaired) electrons. The molecule has 6 saturated heterocycles. The first-order valence-electron chi connectivity index (χ1n) is 46.9. The molecule has 6 aromatic rings. The van der Waals surface area contributed by atoms with Crippen LogP contribution in [-0.4, -0.2) is 278 Å². The van der Waals surface area contributed by atoms with Crippen LogP contribution in [0.1, 0.15) is 203 Å². The van der Waals surface area contributed by atoms with E-state index in [2.05, 4.69) is 84.8 Å². The number of carbonyl (C=O) groups is 6. The maximum atomic E-state index is 13.3. The van der Waals surface area contributed by atoms with Crippen molar-refractivity contribution in [1.82, 2.24) is 55.2 Å². The van der Waals surface area contributed by atoms with Crippen LogP contribution in [0.15, 0.2) is 55.0 Å². The van der Waals surface area contributed by atoms with Crippen molar-refractivity contribution in [2.45, 2.75) is 248 Å². The van der Waals surface area contributed by atoms with Crippen LogP contribution in [0.4, 0.5) is 69.4 Å². The number of anilines is 12. The molecule has 3 saturated carbocycles. The summed E-state index contributed by atoms with van der Waals surface area (Å²) in [5.74, 6) is 4.61. The van der Waals surface area contributed by atoms with E-state index in [1.807, 2.05) is 31.2 Å². The second-order valence-corrected chi connectivity index (χ2v) is 36.5. The van der Waals surface area contributed by atoms with Gasteiger partial charge in [0.05, 0.1) is 99.2 Å². The Bertz CT molecular complexity index is 4840. The maximum Gasteiger partial charge on any atom is 0.336 e. The lowest BCUT2D eigenvalue weighted by Crippen LogP contribution is -2.55. The summed E-state index contributed by atoms with van der Waals surface area (Å²) in [4.78, 5) is 125. The van der Waals surface area contributed by atoms with Crippen molar-refractivity contribution in [3.63, 3.8) is 0 Å². The van der Waals surface area contributed by atoms with E-state index in [-0.39, 0.29) is 65.4 Å². The number of fused-ring (bicyclic) bond motifs is 9. The lowest BCUT2D eigenvalue weighted by atomic mass is 10.0. The number of nitrogens with two attached hydrogens (primary N) is 1. The van der Waals surface area contributed by atoms with Crippen LogP contribution in [0.5, 0.6) is 17.2 Å². The first kappa shape index (κ1) is 87.3. The molecule has 9 fully saturated rings. The minimum absolute atomic E-state index is 0.0140. The molecular weight excluding hydrogens is 1620 g/mol. The zero-order chi connectivity index (χ0) is 87.7. The Morgan fingerprint density at radius 2 is 0.732 bits per heavy atom. The summed E-state index contributed by atoms with van der Waals surface area (Å²) in [5, 5.41) is 25.6. The largest absolute Gasteiger partial charge is 0.491 e. The van der Waals surface area contributed by atoms with Crippen molar-refractivity contribution in [2.24, 2.45) is 5.73 Å². The second-order valence-electron chi connectivity index (χ2n) is 36.5. The fourth-order valence-corrected chi connectivity index (χ4v) is 22.2. The van der Waals surface area contributed by atoms with Crippen LogP contribution in [0.25, 0.3) is 0 Å². The number of aromatic carboxylic acids is 1. The van der Waals surface area contributed by atoms with E-state index >= 15 is 0 Å². The molecular formula is C93H125N21O13. The Kier molecular flexibility index (Phi) is 26.5. The number of morpholine rings is 3. The molecule has 15 aliphatic rings. The van der Waals surface area contributed by atoms with Gasteiger partial charge in [0.1, 0.15) is 52.4 Å². The molecule has 9 atom stereocenters. The number of hydrogen-bond acceptors (Lipinski definition) is 28. The van der Waals surface area contributed by atoms with Gasteiger partial charge in [-0.15, -0.1) is 0 Å². The van der Waals surface area contributed by atoms with E-state index in [9.17, 15) is 33.9 Å². The minimum atomic E-state index is -0.964. The van der Waals surface area contributed by atoms with Crippen LogP contribution in [-0.2, 0) is 47.9 Å². The van der Waals surface area contributed by atoms with Gasteiger partial charge < -0.3 is 95.2 Å². The first-order chi connectivity index (χ1) is 61.9. The van der Waals surface area contributed by atoms with Gasteiger partial charge in [-0.05, 0) is 152 Å². The summed E-state index contributed by atoms with van der Waals surface area (Å²) in [5.41, 5.74) is 13.8. The number of ether oxygens (including phenoxy) is 6. The molecule has 15 heterocycles. The number of amides is 5. The fraction of sp³-hybridized carbons (Fsp3) is 0.613. The number of likely N-dealkylation sites (N-methyl/N-ethyl adjacent to an activating group) is 3. The van der Waals surface area contributed by atoms with Gasteiger partial charge in [0.2, 0.25) is 35.6 Å². The average Bonchev–Trinajstić information content (AvgIpc) is 1.65. The zero-order valence-corrected chi connectivity index (χ0v) is 74.3. The van der Waals surface area contributed by atoms with E-state index < -0.39 is 5.97 Å². The van der Waals surface area contributed by atoms with Gasteiger partial charge in [-0.1, -0.05) is 59.3 Å². The highest BCUT2D eigenvalue weighted by atomic mass is 16.5. The van der Waals surface area contributed by atoms with E-state index in [1.165, 1.54) is 70.8 Å². The Labute approximate surface area is 742 Å². The number of nitrogens with one attached hydrogen (secondary N) is 5. The third kappa shape index (κ3) is 17.8. The summed E-state index contributed by atoms with van der Waals surface area (Å²) < 4.78 is 35.4. The molecule has 3 aromatic heterocycles. The molecule has 3 aliphatic carbocycles.